The van der Waals surface area contributed by atoms with Crippen LogP contribution < -0.4 is 0 Å². The zero-order chi connectivity index (χ0) is 32.8. The molecule has 50 heavy (non-hydrogen) atoms. The van der Waals surface area contributed by atoms with E-state index in [0.717, 1.165) is 50.0 Å². The summed E-state index contributed by atoms with van der Waals surface area (Å²) in [7, 11) is 0. The fourth-order valence-electron chi connectivity index (χ4n) is 8.78. The van der Waals surface area contributed by atoms with Crippen LogP contribution in [0.5, 0.6) is 0 Å². The van der Waals surface area contributed by atoms with Crippen LogP contribution in [0.25, 0.3) is 78.1 Å². The molecule has 0 aliphatic heterocycles. The first-order valence-electron chi connectivity index (χ1n) is 17.1. The number of benzene rings is 7. The fourth-order valence-corrected chi connectivity index (χ4v) is 8.78. The van der Waals surface area contributed by atoms with E-state index in [9.17, 15) is 0 Å². The molecule has 9 aromatic rings. The van der Waals surface area contributed by atoms with E-state index in [1.54, 1.807) is 0 Å². The Labute approximate surface area is 289 Å². The molecule has 2 aliphatic carbocycles. The van der Waals surface area contributed by atoms with Crippen LogP contribution in [0, 0.1) is 0 Å². The van der Waals surface area contributed by atoms with Crippen LogP contribution >= 0.6 is 0 Å². The molecular weight excluding hydrogens is 609 g/mol. The molecule has 0 unspecified atom stereocenters. The summed E-state index contributed by atoms with van der Waals surface area (Å²) in [5.41, 5.74) is 16.5. The predicted octanol–water partition coefficient (Wildman–Crippen LogP) is 11.7. The number of hydrogen-bond acceptors (Lipinski definition) is 3. The zero-order valence-electron chi connectivity index (χ0n) is 27.0. The summed E-state index contributed by atoms with van der Waals surface area (Å²) in [6.45, 7) is 0. The summed E-state index contributed by atoms with van der Waals surface area (Å²) in [6.07, 6.45) is 0. The number of fused-ring (bicyclic) bond motifs is 13. The Bertz CT molecular complexity index is 2780. The normalized spacial score (nSPS) is 13.4. The summed E-state index contributed by atoms with van der Waals surface area (Å²) in [5.74, 6) is 0.693. The maximum Gasteiger partial charge on any atom is 0.160 e. The van der Waals surface area contributed by atoms with Crippen LogP contribution in [0.1, 0.15) is 22.3 Å². The molecule has 2 aromatic heterocycles. The molecule has 0 amide bonds. The minimum Gasteiger partial charge on any atom is -0.456 e. The van der Waals surface area contributed by atoms with Crippen molar-refractivity contribution in [1.29, 1.82) is 0 Å². The van der Waals surface area contributed by atoms with Gasteiger partial charge in [-0.05, 0) is 62.7 Å². The molecule has 0 saturated carbocycles. The largest absolute Gasteiger partial charge is 0.456 e. The van der Waals surface area contributed by atoms with Crippen LogP contribution in [0.15, 0.2) is 174 Å². The lowest BCUT2D eigenvalue weighted by atomic mass is 9.70. The number of rotatable bonds is 3. The number of nitrogens with zero attached hydrogens (tertiary/aromatic N) is 2. The van der Waals surface area contributed by atoms with Gasteiger partial charge in [-0.25, -0.2) is 9.97 Å². The molecule has 0 saturated heterocycles. The molecule has 232 valence electrons. The van der Waals surface area contributed by atoms with E-state index in [1.165, 1.54) is 44.5 Å². The Morgan fingerprint density at radius 2 is 0.920 bits per heavy atom. The molecule has 0 N–H and O–H groups in total. The van der Waals surface area contributed by atoms with Crippen molar-refractivity contribution in [3.8, 4) is 56.2 Å². The van der Waals surface area contributed by atoms with Crippen molar-refractivity contribution in [2.45, 2.75) is 5.41 Å². The third-order valence-electron chi connectivity index (χ3n) is 10.7. The highest BCUT2D eigenvalue weighted by Gasteiger charge is 2.52. The highest BCUT2D eigenvalue weighted by atomic mass is 16.3. The minimum atomic E-state index is -0.422. The lowest BCUT2D eigenvalue weighted by molar-refractivity contribution is 0.669. The maximum atomic E-state index is 6.31. The van der Waals surface area contributed by atoms with Crippen LogP contribution in [0.4, 0.5) is 0 Å². The third-order valence-corrected chi connectivity index (χ3v) is 10.7. The monoisotopic (exact) mass is 636 g/mol. The Balaban J connectivity index is 1.22. The zero-order valence-corrected chi connectivity index (χ0v) is 27.0. The van der Waals surface area contributed by atoms with E-state index in [4.69, 9.17) is 14.4 Å². The third kappa shape index (κ3) is 3.58. The van der Waals surface area contributed by atoms with Crippen LogP contribution in [-0.2, 0) is 5.41 Å². The highest BCUT2D eigenvalue weighted by Crippen LogP contribution is 2.63. The average molecular weight is 637 g/mol. The van der Waals surface area contributed by atoms with Gasteiger partial charge in [-0.2, -0.15) is 0 Å². The summed E-state index contributed by atoms with van der Waals surface area (Å²) in [6, 6.07) is 60.5. The first-order chi connectivity index (χ1) is 24.8. The molecule has 0 radical (unpaired) electrons. The predicted molar refractivity (Wildman–Crippen MR) is 202 cm³/mol. The number of furan rings is 1. The van der Waals surface area contributed by atoms with E-state index >= 15 is 0 Å². The van der Waals surface area contributed by atoms with Crippen molar-refractivity contribution in [2.75, 3.05) is 0 Å². The molecule has 7 aromatic carbocycles. The first kappa shape index (κ1) is 27.4. The Kier molecular flexibility index (Phi) is 5.59. The standard InChI is InChI=1S/C47H28N2O/c1-2-14-29(15-3-1)46-48-40(28-41(49-46)34-21-13-27-43-45(34)35-19-7-11-26-42(35)50-43)33-20-12-25-39-44(33)32-18-6-10-24-38(32)47(39)36-22-8-4-16-30(36)31-17-5-9-23-37(31)47/h1-28H. The second kappa shape index (κ2) is 10.2. The lowest BCUT2D eigenvalue weighted by Gasteiger charge is -2.30. The molecular formula is C47H28N2O. The highest BCUT2D eigenvalue weighted by molar-refractivity contribution is 6.12. The molecule has 1 spiro atoms. The van der Waals surface area contributed by atoms with Gasteiger partial charge in [0.1, 0.15) is 11.2 Å². The van der Waals surface area contributed by atoms with E-state index in [1.807, 2.05) is 36.4 Å². The van der Waals surface area contributed by atoms with Gasteiger partial charge in [-0.3, -0.25) is 0 Å². The number of para-hydroxylation sites is 1. The molecule has 2 aliphatic rings. The molecule has 2 heterocycles. The van der Waals surface area contributed by atoms with Gasteiger partial charge in [0.25, 0.3) is 0 Å². The second-order valence-corrected chi connectivity index (χ2v) is 13.2. The van der Waals surface area contributed by atoms with E-state index in [2.05, 4.69) is 133 Å². The van der Waals surface area contributed by atoms with Crippen LogP contribution in [-0.4, -0.2) is 9.97 Å². The van der Waals surface area contributed by atoms with Crippen molar-refractivity contribution < 1.29 is 4.42 Å². The smallest absolute Gasteiger partial charge is 0.160 e. The van der Waals surface area contributed by atoms with Gasteiger partial charge in [0.2, 0.25) is 0 Å². The van der Waals surface area contributed by atoms with Crippen molar-refractivity contribution >= 4 is 21.9 Å². The molecule has 3 nitrogen and oxygen atoms in total. The van der Waals surface area contributed by atoms with Gasteiger partial charge in [0.15, 0.2) is 5.82 Å². The summed E-state index contributed by atoms with van der Waals surface area (Å²) in [4.78, 5) is 10.6. The summed E-state index contributed by atoms with van der Waals surface area (Å²) in [5, 5.41) is 2.14. The van der Waals surface area contributed by atoms with Gasteiger partial charge >= 0.3 is 0 Å². The topological polar surface area (TPSA) is 38.9 Å². The first-order valence-corrected chi connectivity index (χ1v) is 17.1. The average Bonchev–Trinajstić information content (AvgIpc) is 3.82. The van der Waals surface area contributed by atoms with Crippen molar-refractivity contribution in [3.63, 3.8) is 0 Å². The summed E-state index contributed by atoms with van der Waals surface area (Å²) < 4.78 is 6.31. The van der Waals surface area contributed by atoms with Gasteiger partial charge in [-0.15, -0.1) is 0 Å². The van der Waals surface area contributed by atoms with Gasteiger partial charge < -0.3 is 4.42 Å². The SMILES string of the molecule is c1ccc(-c2nc(-c3cccc4c3-c3ccccc3C43c4ccccc4-c4ccccc43)cc(-c3cccc4oc5ccccc5c34)n2)cc1. The quantitative estimate of drug-likeness (QED) is 0.194. The fraction of sp³-hybridized carbons (Fsp3) is 0.0213. The lowest BCUT2D eigenvalue weighted by Crippen LogP contribution is -2.25. The minimum absolute atomic E-state index is 0.422. The molecule has 3 heteroatoms. The van der Waals surface area contributed by atoms with E-state index in [0.29, 0.717) is 5.82 Å². The summed E-state index contributed by atoms with van der Waals surface area (Å²) >= 11 is 0. The van der Waals surface area contributed by atoms with Gasteiger partial charge in [0.05, 0.1) is 16.8 Å². The van der Waals surface area contributed by atoms with Crippen LogP contribution in [0.3, 0.4) is 0 Å². The Morgan fingerprint density at radius 1 is 0.400 bits per heavy atom. The Hall–Kier alpha value is -6.58. The van der Waals surface area contributed by atoms with Gasteiger partial charge in [0, 0.05) is 27.5 Å². The van der Waals surface area contributed by atoms with Crippen molar-refractivity contribution in [3.05, 3.63) is 192 Å². The maximum absolute atomic E-state index is 6.31. The molecule has 0 fully saturated rings. The van der Waals surface area contributed by atoms with Crippen molar-refractivity contribution in [1.82, 2.24) is 9.97 Å². The van der Waals surface area contributed by atoms with Crippen LogP contribution in [0.2, 0.25) is 0 Å². The van der Waals surface area contributed by atoms with E-state index in [-0.39, 0.29) is 0 Å². The molecule has 11 rings (SSSR count). The van der Waals surface area contributed by atoms with Gasteiger partial charge in [-0.1, -0.05) is 152 Å². The molecule has 0 bridgehead atoms. The van der Waals surface area contributed by atoms with Crippen molar-refractivity contribution in [2.24, 2.45) is 0 Å². The number of aromatic nitrogens is 2. The van der Waals surface area contributed by atoms with E-state index < -0.39 is 5.41 Å². The number of hydrogen-bond donors (Lipinski definition) is 0. The second-order valence-electron chi connectivity index (χ2n) is 13.2. The molecule has 0 atom stereocenters. The Morgan fingerprint density at radius 3 is 1.68 bits per heavy atom.